The molecule has 1 saturated carbocycles. The first kappa shape index (κ1) is 14.5. The molecule has 0 aromatic heterocycles. The van der Waals surface area contributed by atoms with Crippen molar-refractivity contribution >= 4 is 5.91 Å². The highest BCUT2D eigenvalue weighted by molar-refractivity contribution is 5.78. The maximum atomic E-state index is 12.2. The summed E-state index contributed by atoms with van der Waals surface area (Å²) in [7, 11) is 5.95. The van der Waals surface area contributed by atoms with Gasteiger partial charge >= 0.3 is 0 Å². The lowest BCUT2D eigenvalue weighted by Gasteiger charge is -2.33. The number of amides is 1. The van der Waals surface area contributed by atoms with Crippen LogP contribution in [-0.2, 0) is 4.79 Å². The van der Waals surface area contributed by atoms with E-state index >= 15 is 0 Å². The van der Waals surface area contributed by atoms with Crippen molar-refractivity contribution in [3.05, 3.63) is 0 Å². The summed E-state index contributed by atoms with van der Waals surface area (Å²) in [5.74, 6) is 0.980. The predicted octanol–water partition coefficient (Wildman–Crippen LogP) is 0.770. The van der Waals surface area contributed by atoms with Gasteiger partial charge in [-0.2, -0.15) is 0 Å². The van der Waals surface area contributed by atoms with Gasteiger partial charge in [0.25, 0.3) is 0 Å². The number of likely N-dealkylation sites (N-methyl/N-ethyl adjacent to an activating group) is 2. The maximum Gasteiger partial charge on any atom is 0.225 e. The maximum absolute atomic E-state index is 12.2. The van der Waals surface area contributed by atoms with Crippen molar-refractivity contribution in [1.29, 1.82) is 0 Å². The van der Waals surface area contributed by atoms with E-state index in [-0.39, 0.29) is 17.9 Å². The van der Waals surface area contributed by atoms with Crippen molar-refractivity contribution in [3.8, 4) is 0 Å². The van der Waals surface area contributed by atoms with Crippen molar-refractivity contribution in [2.24, 2.45) is 17.6 Å². The Morgan fingerprint density at radius 3 is 2.41 bits per heavy atom. The van der Waals surface area contributed by atoms with Crippen molar-refractivity contribution in [2.45, 2.75) is 32.2 Å². The van der Waals surface area contributed by atoms with E-state index in [0.717, 1.165) is 32.4 Å². The summed E-state index contributed by atoms with van der Waals surface area (Å²) >= 11 is 0. The van der Waals surface area contributed by atoms with E-state index in [1.54, 1.807) is 0 Å². The summed E-state index contributed by atoms with van der Waals surface area (Å²) in [6, 6.07) is 0.194. The third kappa shape index (κ3) is 4.28. The molecule has 1 fully saturated rings. The molecule has 3 atom stereocenters. The highest BCUT2D eigenvalue weighted by atomic mass is 16.2. The molecule has 0 bridgehead atoms. The van der Waals surface area contributed by atoms with Crippen molar-refractivity contribution < 1.29 is 4.79 Å². The molecule has 0 heterocycles. The van der Waals surface area contributed by atoms with Crippen LogP contribution >= 0.6 is 0 Å². The Balaban J connectivity index is 2.41. The molecule has 1 aliphatic carbocycles. The molecular weight excluding hydrogens is 214 g/mol. The van der Waals surface area contributed by atoms with Gasteiger partial charge < -0.3 is 15.5 Å². The van der Waals surface area contributed by atoms with Crippen LogP contribution in [0.15, 0.2) is 0 Å². The fraction of sp³-hybridized carbons (Fsp3) is 0.923. The van der Waals surface area contributed by atoms with Gasteiger partial charge in [0.2, 0.25) is 5.91 Å². The van der Waals surface area contributed by atoms with Crippen LogP contribution < -0.4 is 5.73 Å². The Labute approximate surface area is 105 Å². The third-order valence-corrected chi connectivity index (χ3v) is 3.87. The molecular formula is C13H27N3O. The second kappa shape index (κ2) is 6.36. The zero-order valence-corrected chi connectivity index (χ0v) is 11.6. The summed E-state index contributed by atoms with van der Waals surface area (Å²) in [6.07, 6.45) is 2.94. The summed E-state index contributed by atoms with van der Waals surface area (Å²) in [6.45, 7) is 3.89. The van der Waals surface area contributed by atoms with Crippen LogP contribution in [0.5, 0.6) is 0 Å². The highest BCUT2D eigenvalue weighted by Crippen LogP contribution is 2.28. The minimum atomic E-state index is 0.147. The molecule has 0 aromatic rings. The van der Waals surface area contributed by atoms with E-state index in [9.17, 15) is 4.79 Å². The first-order chi connectivity index (χ1) is 7.91. The zero-order valence-electron chi connectivity index (χ0n) is 11.6. The molecule has 1 rings (SSSR count). The molecule has 1 amide bonds. The molecule has 0 saturated heterocycles. The van der Waals surface area contributed by atoms with Gasteiger partial charge in [0.05, 0.1) is 0 Å². The number of hydrogen-bond donors (Lipinski definition) is 1. The van der Waals surface area contributed by atoms with Gasteiger partial charge in [-0.05, 0) is 39.3 Å². The van der Waals surface area contributed by atoms with Gasteiger partial charge in [0, 0.05) is 32.1 Å². The van der Waals surface area contributed by atoms with Crippen LogP contribution in [0.1, 0.15) is 26.2 Å². The first-order valence-electron chi connectivity index (χ1n) is 6.57. The van der Waals surface area contributed by atoms with E-state index in [2.05, 4.69) is 11.8 Å². The molecule has 100 valence electrons. The zero-order chi connectivity index (χ0) is 13.0. The Morgan fingerprint density at radius 2 is 1.88 bits per heavy atom. The van der Waals surface area contributed by atoms with E-state index in [0.29, 0.717) is 5.92 Å². The summed E-state index contributed by atoms with van der Waals surface area (Å²) < 4.78 is 0. The Morgan fingerprint density at radius 1 is 1.24 bits per heavy atom. The number of nitrogens with zero attached hydrogens (tertiary/aromatic N) is 2. The summed E-state index contributed by atoms with van der Waals surface area (Å²) in [4.78, 5) is 16.2. The largest absolute Gasteiger partial charge is 0.344 e. The standard InChI is InChI=1S/C13H27N3O/c1-10-5-6-11(9-12(10)14)13(17)16(4)8-7-15(2)3/h10-12H,5-9,14H2,1-4H3. The summed E-state index contributed by atoms with van der Waals surface area (Å²) in [5.41, 5.74) is 6.05. The van der Waals surface area contributed by atoms with Gasteiger partial charge in [-0.1, -0.05) is 6.92 Å². The molecule has 17 heavy (non-hydrogen) atoms. The average Bonchev–Trinajstić information content (AvgIpc) is 2.28. The van der Waals surface area contributed by atoms with Gasteiger partial charge in [-0.15, -0.1) is 0 Å². The third-order valence-electron chi connectivity index (χ3n) is 3.87. The molecule has 4 heteroatoms. The topological polar surface area (TPSA) is 49.6 Å². The first-order valence-corrected chi connectivity index (χ1v) is 6.57. The SMILES string of the molecule is CC1CCC(C(=O)N(C)CCN(C)C)CC1N. The molecule has 2 N–H and O–H groups in total. The quantitative estimate of drug-likeness (QED) is 0.791. The number of nitrogens with two attached hydrogens (primary N) is 1. The molecule has 0 aromatic carbocycles. The van der Waals surface area contributed by atoms with Crippen LogP contribution in [0.4, 0.5) is 0 Å². The van der Waals surface area contributed by atoms with Crippen LogP contribution in [0, 0.1) is 11.8 Å². The minimum Gasteiger partial charge on any atom is -0.344 e. The highest BCUT2D eigenvalue weighted by Gasteiger charge is 2.30. The van der Waals surface area contributed by atoms with Crippen molar-refractivity contribution in [3.63, 3.8) is 0 Å². The van der Waals surface area contributed by atoms with Gasteiger partial charge in [0.15, 0.2) is 0 Å². The van der Waals surface area contributed by atoms with Crippen LogP contribution in [0.3, 0.4) is 0 Å². The van der Waals surface area contributed by atoms with E-state index in [1.165, 1.54) is 0 Å². The fourth-order valence-electron chi connectivity index (χ4n) is 2.35. The van der Waals surface area contributed by atoms with Crippen LogP contribution in [0.25, 0.3) is 0 Å². The Bertz CT molecular complexity index is 255. The lowest BCUT2D eigenvalue weighted by molar-refractivity contribution is -0.135. The number of carbonyl (C=O) groups excluding carboxylic acids is 1. The molecule has 0 radical (unpaired) electrons. The number of carbonyl (C=O) groups is 1. The monoisotopic (exact) mass is 241 g/mol. The summed E-state index contributed by atoms with van der Waals surface area (Å²) in [5, 5.41) is 0. The normalized spacial score (nSPS) is 29.4. The Kier molecular flexibility index (Phi) is 5.40. The second-order valence-electron chi connectivity index (χ2n) is 5.71. The number of rotatable bonds is 4. The van der Waals surface area contributed by atoms with Gasteiger partial charge in [-0.25, -0.2) is 0 Å². The van der Waals surface area contributed by atoms with Crippen molar-refractivity contribution in [1.82, 2.24) is 9.80 Å². The molecule has 1 aliphatic rings. The fourth-order valence-corrected chi connectivity index (χ4v) is 2.35. The van der Waals surface area contributed by atoms with E-state index in [4.69, 9.17) is 5.73 Å². The van der Waals surface area contributed by atoms with Gasteiger partial charge in [0.1, 0.15) is 0 Å². The number of hydrogen-bond acceptors (Lipinski definition) is 3. The van der Waals surface area contributed by atoms with Crippen molar-refractivity contribution in [2.75, 3.05) is 34.2 Å². The Hall–Kier alpha value is -0.610. The van der Waals surface area contributed by atoms with E-state index in [1.807, 2.05) is 26.0 Å². The minimum absolute atomic E-state index is 0.147. The smallest absolute Gasteiger partial charge is 0.225 e. The van der Waals surface area contributed by atoms with E-state index < -0.39 is 0 Å². The molecule has 4 nitrogen and oxygen atoms in total. The molecule has 3 unspecified atom stereocenters. The predicted molar refractivity (Wildman–Crippen MR) is 70.7 cm³/mol. The molecule has 0 spiro atoms. The lowest BCUT2D eigenvalue weighted by Crippen LogP contribution is -2.43. The van der Waals surface area contributed by atoms with Crippen LogP contribution in [-0.4, -0.2) is 56.0 Å². The van der Waals surface area contributed by atoms with Crippen LogP contribution in [0.2, 0.25) is 0 Å². The molecule has 0 aliphatic heterocycles. The van der Waals surface area contributed by atoms with Gasteiger partial charge in [-0.3, -0.25) is 4.79 Å². The second-order valence-corrected chi connectivity index (χ2v) is 5.71. The lowest BCUT2D eigenvalue weighted by atomic mass is 9.79. The average molecular weight is 241 g/mol.